The summed E-state index contributed by atoms with van der Waals surface area (Å²) in [7, 11) is 0. The zero-order valence-electron chi connectivity index (χ0n) is 17.1. The maximum Gasteiger partial charge on any atom is 0.234 e. The Morgan fingerprint density at radius 3 is 2.97 bits per heavy atom. The van der Waals surface area contributed by atoms with Gasteiger partial charge in [-0.05, 0) is 35.0 Å². The molecule has 0 spiro atoms. The number of imidazole rings is 1. The highest BCUT2D eigenvalue weighted by molar-refractivity contribution is 7.07. The quantitative estimate of drug-likeness (QED) is 0.505. The summed E-state index contributed by atoms with van der Waals surface area (Å²) < 4.78 is 8.30. The lowest BCUT2D eigenvalue weighted by Gasteiger charge is -2.23. The summed E-state index contributed by atoms with van der Waals surface area (Å²) in [6.45, 7) is 2.27. The molecule has 4 heterocycles. The summed E-state index contributed by atoms with van der Waals surface area (Å²) in [6, 6.07) is 16.1. The van der Waals surface area contributed by atoms with Crippen molar-refractivity contribution < 1.29 is 9.53 Å². The number of para-hydroxylation sites is 1. The number of rotatable bonds is 6. The van der Waals surface area contributed by atoms with Gasteiger partial charge in [0.05, 0.1) is 12.2 Å². The third-order valence-corrected chi connectivity index (χ3v) is 6.16. The first kappa shape index (κ1) is 19.8. The van der Waals surface area contributed by atoms with Crippen molar-refractivity contribution >= 4 is 22.9 Å². The number of hydrogen-bond donors (Lipinski definition) is 1. The Morgan fingerprint density at radius 2 is 2.10 bits per heavy atom. The van der Waals surface area contributed by atoms with Crippen molar-refractivity contribution in [2.24, 2.45) is 0 Å². The minimum absolute atomic E-state index is 0.0206. The Kier molecular flexibility index (Phi) is 5.69. The summed E-state index contributed by atoms with van der Waals surface area (Å²) in [6.07, 6.45) is 4.61. The van der Waals surface area contributed by atoms with Crippen molar-refractivity contribution in [3.8, 4) is 5.75 Å². The van der Waals surface area contributed by atoms with Crippen molar-refractivity contribution in [3.05, 3.63) is 88.5 Å². The molecule has 0 saturated carbocycles. The van der Waals surface area contributed by atoms with Gasteiger partial charge < -0.3 is 14.5 Å². The second-order valence-electron chi connectivity index (χ2n) is 7.74. The van der Waals surface area contributed by atoms with E-state index in [1.807, 2.05) is 53.2 Å². The van der Waals surface area contributed by atoms with E-state index in [1.165, 1.54) is 0 Å². The van der Waals surface area contributed by atoms with E-state index in [4.69, 9.17) is 4.74 Å². The molecule has 31 heavy (non-hydrogen) atoms. The molecule has 3 aromatic heterocycles. The number of nitrogens with one attached hydrogen (secondary N) is 1. The lowest BCUT2D eigenvalue weighted by molar-refractivity contribution is -0.122. The average Bonchev–Trinajstić information content (AvgIpc) is 3.40. The molecule has 1 atom stereocenters. The predicted molar refractivity (Wildman–Crippen MR) is 121 cm³/mol. The maximum absolute atomic E-state index is 12.7. The van der Waals surface area contributed by atoms with Crippen molar-refractivity contribution in [1.29, 1.82) is 0 Å². The first-order valence-electron chi connectivity index (χ1n) is 10.4. The van der Waals surface area contributed by atoms with Crippen LogP contribution in [0.3, 0.4) is 0 Å². The fourth-order valence-electron chi connectivity index (χ4n) is 3.93. The van der Waals surface area contributed by atoms with Crippen LogP contribution in [0.5, 0.6) is 5.75 Å². The van der Waals surface area contributed by atoms with Gasteiger partial charge in [-0.1, -0.05) is 24.3 Å². The van der Waals surface area contributed by atoms with Gasteiger partial charge in [0.15, 0.2) is 0 Å². The smallest absolute Gasteiger partial charge is 0.234 e. The van der Waals surface area contributed by atoms with Crippen LogP contribution in [-0.4, -0.2) is 39.8 Å². The minimum Gasteiger partial charge on any atom is -0.484 e. The van der Waals surface area contributed by atoms with Crippen molar-refractivity contribution in [1.82, 2.24) is 19.6 Å². The molecule has 1 N–H and O–H groups in total. The second kappa shape index (κ2) is 8.91. The molecular formula is C24H24N4O2S. The third-order valence-electron chi connectivity index (χ3n) is 5.46. The van der Waals surface area contributed by atoms with Crippen LogP contribution in [0.15, 0.2) is 71.7 Å². The summed E-state index contributed by atoms with van der Waals surface area (Å²) in [5, 5.41) is 7.23. The van der Waals surface area contributed by atoms with Gasteiger partial charge in [0, 0.05) is 49.6 Å². The van der Waals surface area contributed by atoms with Crippen molar-refractivity contribution in [2.75, 3.05) is 19.6 Å². The van der Waals surface area contributed by atoms with E-state index >= 15 is 0 Å². The summed E-state index contributed by atoms with van der Waals surface area (Å²) in [5.41, 5.74) is 4.16. The Bertz CT molecular complexity index is 1140. The van der Waals surface area contributed by atoms with E-state index < -0.39 is 0 Å². The fourth-order valence-corrected chi connectivity index (χ4v) is 4.63. The normalized spacial score (nSPS) is 16.5. The molecule has 0 fully saturated rings. The molecule has 1 aliphatic heterocycles. The van der Waals surface area contributed by atoms with Crippen LogP contribution >= 0.6 is 11.3 Å². The molecule has 7 heteroatoms. The number of pyridine rings is 1. The molecule has 1 amide bonds. The van der Waals surface area contributed by atoms with Crippen LogP contribution in [0.4, 0.5) is 0 Å². The Morgan fingerprint density at radius 1 is 1.19 bits per heavy atom. The van der Waals surface area contributed by atoms with E-state index in [0.29, 0.717) is 32.6 Å². The highest BCUT2D eigenvalue weighted by Crippen LogP contribution is 2.31. The number of aromatic nitrogens is 2. The van der Waals surface area contributed by atoms with Crippen LogP contribution in [0.1, 0.15) is 22.9 Å². The van der Waals surface area contributed by atoms with Gasteiger partial charge >= 0.3 is 0 Å². The number of nitrogens with zero attached hydrogens (tertiary/aromatic N) is 3. The molecule has 0 unspecified atom stereocenters. The van der Waals surface area contributed by atoms with Gasteiger partial charge in [0.2, 0.25) is 5.91 Å². The van der Waals surface area contributed by atoms with Crippen LogP contribution in [0.2, 0.25) is 0 Å². The molecule has 0 aliphatic carbocycles. The topological polar surface area (TPSA) is 58.9 Å². The fraction of sp³-hybridized carbons (Fsp3) is 0.250. The molecule has 1 aliphatic rings. The van der Waals surface area contributed by atoms with Crippen molar-refractivity contribution in [2.45, 2.75) is 19.1 Å². The number of ether oxygens (including phenoxy) is 1. The van der Waals surface area contributed by atoms with E-state index in [9.17, 15) is 4.79 Å². The highest BCUT2D eigenvalue weighted by atomic mass is 32.1. The van der Waals surface area contributed by atoms with Gasteiger partial charge in [0.1, 0.15) is 17.5 Å². The number of carbonyl (C=O) groups is 1. The SMILES string of the molecule is O=C(CN1Cc2ccccc2O[C@H](c2ccsc2)C1)NCCc1cn2ccccc2n1. The van der Waals surface area contributed by atoms with Crippen LogP contribution < -0.4 is 10.1 Å². The standard InChI is InChI=1S/C24H24N4O2S/c29-24(25-10-8-20-14-28-11-4-3-7-23(28)26-20)16-27-13-18-5-1-2-6-21(18)30-22(15-27)19-9-12-31-17-19/h1-7,9,11-12,14,17,22H,8,10,13,15-16H2,(H,25,29)/t22-/m0/s1. The molecule has 0 bridgehead atoms. The minimum atomic E-state index is -0.0827. The van der Waals surface area contributed by atoms with E-state index in [2.05, 4.69) is 38.1 Å². The number of amides is 1. The molecule has 0 saturated heterocycles. The lowest BCUT2D eigenvalue weighted by Crippen LogP contribution is -2.39. The van der Waals surface area contributed by atoms with Crippen LogP contribution in [0.25, 0.3) is 5.65 Å². The Hall–Kier alpha value is -3.16. The predicted octanol–water partition coefficient (Wildman–Crippen LogP) is 3.69. The molecule has 4 aromatic rings. The van der Waals surface area contributed by atoms with Crippen molar-refractivity contribution in [3.63, 3.8) is 0 Å². The zero-order chi connectivity index (χ0) is 21.0. The van der Waals surface area contributed by atoms with E-state index in [0.717, 1.165) is 28.2 Å². The maximum atomic E-state index is 12.7. The summed E-state index contributed by atoms with van der Waals surface area (Å²) in [5.74, 6) is 0.917. The van der Waals surface area contributed by atoms with E-state index in [1.54, 1.807) is 11.3 Å². The van der Waals surface area contributed by atoms with Gasteiger partial charge in [-0.2, -0.15) is 11.3 Å². The first-order chi connectivity index (χ1) is 15.2. The third kappa shape index (κ3) is 4.62. The van der Waals surface area contributed by atoms with Gasteiger partial charge in [-0.25, -0.2) is 4.98 Å². The van der Waals surface area contributed by atoms with Gasteiger partial charge in [-0.3, -0.25) is 9.69 Å². The average molecular weight is 433 g/mol. The number of carbonyl (C=O) groups excluding carboxylic acids is 1. The molecule has 158 valence electrons. The highest BCUT2D eigenvalue weighted by Gasteiger charge is 2.25. The Balaban J connectivity index is 1.21. The number of thiophene rings is 1. The number of hydrogen-bond acceptors (Lipinski definition) is 5. The Labute approximate surface area is 185 Å². The van der Waals surface area contributed by atoms with E-state index in [-0.39, 0.29) is 12.0 Å². The molecule has 0 radical (unpaired) electrons. The van der Waals surface area contributed by atoms with Gasteiger partial charge in [0.25, 0.3) is 0 Å². The second-order valence-corrected chi connectivity index (χ2v) is 8.52. The largest absolute Gasteiger partial charge is 0.484 e. The number of fused-ring (bicyclic) bond motifs is 2. The number of benzene rings is 1. The molecule has 1 aromatic carbocycles. The molecular weight excluding hydrogens is 408 g/mol. The van der Waals surface area contributed by atoms with Gasteiger partial charge in [-0.15, -0.1) is 0 Å². The summed E-state index contributed by atoms with van der Waals surface area (Å²) in [4.78, 5) is 19.4. The monoisotopic (exact) mass is 432 g/mol. The first-order valence-corrected chi connectivity index (χ1v) is 11.4. The van der Waals surface area contributed by atoms with Crippen LogP contribution in [0, 0.1) is 0 Å². The molecule has 5 rings (SSSR count). The summed E-state index contributed by atoms with van der Waals surface area (Å²) >= 11 is 1.66. The molecule has 6 nitrogen and oxygen atoms in total. The zero-order valence-corrected chi connectivity index (χ0v) is 17.9. The lowest BCUT2D eigenvalue weighted by atomic mass is 10.2. The van der Waals surface area contributed by atoms with Crippen LogP contribution in [-0.2, 0) is 17.8 Å².